The van der Waals surface area contributed by atoms with Gasteiger partial charge in [-0.3, -0.25) is 4.98 Å². The average molecular weight is 209 g/mol. The van der Waals surface area contributed by atoms with E-state index in [0.717, 1.165) is 16.9 Å². The Morgan fingerprint density at radius 1 is 1.06 bits per heavy atom. The zero-order valence-corrected chi connectivity index (χ0v) is 8.97. The Morgan fingerprint density at radius 2 is 1.88 bits per heavy atom. The summed E-state index contributed by atoms with van der Waals surface area (Å²) in [5.41, 5.74) is 1.84. The van der Waals surface area contributed by atoms with E-state index < -0.39 is 0 Å². The Bertz CT molecular complexity index is 523. The standard InChI is InChI=1S/C14H11NO/c1-16-14-6-2-4-12(10-14)7-8-13-5-3-9-15-11-13/h2-6,9-11H,1H3. The van der Waals surface area contributed by atoms with Gasteiger partial charge in [0.1, 0.15) is 5.75 Å². The SMILES string of the molecule is COc1cccc(C#Cc2cccnc2)c1. The van der Waals surface area contributed by atoms with Crippen molar-refractivity contribution in [2.75, 3.05) is 7.11 Å². The third-order valence-corrected chi connectivity index (χ3v) is 2.08. The molecule has 0 aliphatic carbocycles. The van der Waals surface area contributed by atoms with Gasteiger partial charge in [-0.1, -0.05) is 17.9 Å². The van der Waals surface area contributed by atoms with Gasteiger partial charge in [0.2, 0.25) is 0 Å². The predicted molar refractivity (Wildman–Crippen MR) is 63.2 cm³/mol. The summed E-state index contributed by atoms with van der Waals surface area (Å²) in [4.78, 5) is 4.00. The molecule has 0 saturated carbocycles. The first kappa shape index (κ1) is 10.3. The van der Waals surface area contributed by atoms with Gasteiger partial charge in [0.25, 0.3) is 0 Å². The largest absolute Gasteiger partial charge is 0.497 e. The van der Waals surface area contributed by atoms with Crippen molar-refractivity contribution >= 4 is 0 Å². The van der Waals surface area contributed by atoms with Crippen molar-refractivity contribution < 1.29 is 4.74 Å². The van der Waals surface area contributed by atoms with Crippen LogP contribution in [0.2, 0.25) is 0 Å². The zero-order chi connectivity index (χ0) is 11.2. The van der Waals surface area contributed by atoms with Crippen LogP contribution in [-0.2, 0) is 0 Å². The van der Waals surface area contributed by atoms with E-state index >= 15 is 0 Å². The van der Waals surface area contributed by atoms with Gasteiger partial charge in [0, 0.05) is 23.5 Å². The molecule has 78 valence electrons. The van der Waals surface area contributed by atoms with Gasteiger partial charge in [-0.25, -0.2) is 0 Å². The molecule has 0 amide bonds. The number of hydrogen-bond acceptors (Lipinski definition) is 2. The van der Waals surface area contributed by atoms with Crippen molar-refractivity contribution in [3.8, 4) is 17.6 Å². The third-order valence-electron chi connectivity index (χ3n) is 2.08. The Balaban J connectivity index is 2.24. The molecule has 0 aliphatic heterocycles. The highest BCUT2D eigenvalue weighted by Gasteiger charge is 1.91. The fourth-order valence-electron chi connectivity index (χ4n) is 1.28. The number of methoxy groups -OCH3 is 1. The molecule has 16 heavy (non-hydrogen) atoms. The molecule has 2 aromatic rings. The molecule has 0 N–H and O–H groups in total. The first-order chi connectivity index (χ1) is 7.88. The number of ether oxygens (including phenoxy) is 1. The maximum absolute atomic E-state index is 5.13. The lowest BCUT2D eigenvalue weighted by molar-refractivity contribution is 0.414. The summed E-state index contributed by atoms with van der Waals surface area (Å²) >= 11 is 0. The van der Waals surface area contributed by atoms with E-state index in [0.29, 0.717) is 0 Å². The highest BCUT2D eigenvalue weighted by molar-refractivity contribution is 5.44. The van der Waals surface area contributed by atoms with Crippen LogP contribution in [0.5, 0.6) is 5.75 Å². The summed E-state index contributed by atoms with van der Waals surface area (Å²) in [6.45, 7) is 0. The number of benzene rings is 1. The molecule has 0 bridgehead atoms. The molecule has 2 rings (SSSR count). The third kappa shape index (κ3) is 2.61. The van der Waals surface area contributed by atoms with Gasteiger partial charge >= 0.3 is 0 Å². The van der Waals surface area contributed by atoms with Crippen molar-refractivity contribution in [3.05, 3.63) is 59.9 Å². The molecule has 0 spiro atoms. The van der Waals surface area contributed by atoms with Crippen molar-refractivity contribution in [2.45, 2.75) is 0 Å². The topological polar surface area (TPSA) is 22.1 Å². The summed E-state index contributed by atoms with van der Waals surface area (Å²) in [6, 6.07) is 11.5. The molecule has 0 saturated heterocycles. The van der Waals surface area contributed by atoms with E-state index in [-0.39, 0.29) is 0 Å². The summed E-state index contributed by atoms with van der Waals surface area (Å²) in [7, 11) is 1.65. The first-order valence-electron chi connectivity index (χ1n) is 4.94. The quantitative estimate of drug-likeness (QED) is 0.673. The van der Waals surface area contributed by atoms with Crippen molar-refractivity contribution in [1.82, 2.24) is 4.98 Å². The molecule has 2 nitrogen and oxygen atoms in total. The second-order valence-electron chi connectivity index (χ2n) is 3.22. The van der Waals surface area contributed by atoms with E-state index in [1.807, 2.05) is 36.4 Å². The van der Waals surface area contributed by atoms with E-state index in [9.17, 15) is 0 Å². The highest BCUT2D eigenvalue weighted by atomic mass is 16.5. The molecule has 1 heterocycles. The Labute approximate surface area is 94.9 Å². The minimum Gasteiger partial charge on any atom is -0.497 e. The Morgan fingerprint density at radius 3 is 2.62 bits per heavy atom. The summed E-state index contributed by atoms with van der Waals surface area (Å²) in [5, 5.41) is 0. The van der Waals surface area contributed by atoms with Crippen LogP contribution in [0, 0.1) is 11.8 Å². The summed E-state index contributed by atoms with van der Waals surface area (Å²) in [5.74, 6) is 6.93. The van der Waals surface area contributed by atoms with Crippen molar-refractivity contribution in [1.29, 1.82) is 0 Å². The second kappa shape index (κ2) is 4.99. The van der Waals surface area contributed by atoms with Gasteiger partial charge < -0.3 is 4.74 Å². The van der Waals surface area contributed by atoms with Crippen LogP contribution in [0.1, 0.15) is 11.1 Å². The summed E-state index contributed by atoms with van der Waals surface area (Å²) < 4.78 is 5.13. The van der Waals surface area contributed by atoms with Crippen LogP contribution in [0.25, 0.3) is 0 Å². The molecule has 0 unspecified atom stereocenters. The van der Waals surface area contributed by atoms with Crippen LogP contribution in [0.4, 0.5) is 0 Å². The van der Waals surface area contributed by atoms with Gasteiger partial charge in [-0.2, -0.15) is 0 Å². The van der Waals surface area contributed by atoms with Crippen LogP contribution < -0.4 is 4.74 Å². The van der Waals surface area contributed by atoms with Crippen LogP contribution in [0.3, 0.4) is 0 Å². The average Bonchev–Trinajstić information content (AvgIpc) is 2.38. The number of hydrogen-bond donors (Lipinski definition) is 0. The fourth-order valence-corrected chi connectivity index (χ4v) is 1.28. The van der Waals surface area contributed by atoms with Crippen LogP contribution in [-0.4, -0.2) is 12.1 Å². The molecule has 0 radical (unpaired) electrons. The van der Waals surface area contributed by atoms with E-state index in [1.54, 1.807) is 19.5 Å². The lowest BCUT2D eigenvalue weighted by Gasteiger charge is -1.98. The molecule has 1 aromatic heterocycles. The van der Waals surface area contributed by atoms with E-state index in [4.69, 9.17) is 4.74 Å². The Hall–Kier alpha value is -2.27. The van der Waals surface area contributed by atoms with Crippen molar-refractivity contribution in [3.63, 3.8) is 0 Å². The van der Waals surface area contributed by atoms with Crippen LogP contribution in [0.15, 0.2) is 48.8 Å². The van der Waals surface area contributed by atoms with Gasteiger partial charge in [-0.15, -0.1) is 0 Å². The normalized spacial score (nSPS) is 9.06. The molecular formula is C14H11NO. The Kier molecular flexibility index (Phi) is 3.20. The number of nitrogens with zero attached hydrogens (tertiary/aromatic N) is 1. The molecule has 0 fully saturated rings. The lowest BCUT2D eigenvalue weighted by Crippen LogP contribution is -1.83. The minimum atomic E-state index is 0.818. The van der Waals surface area contributed by atoms with Crippen molar-refractivity contribution in [2.24, 2.45) is 0 Å². The number of rotatable bonds is 1. The smallest absolute Gasteiger partial charge is 0.120 e. The summed E-state index contributed by atoms with van der Waals surface area (Å²) in [6.07, 6.45) is 3.48. The molecular weight excluding hydrogens is 198 g/mol. The molecule has 0 aliphatic rings. The monoisotopic (exact) mass is 209 g/mol. The molecule has 0 atom stereocenters. The maximum Gasteiger partial charge on any atom is 0.120 e. The second-order valence-corrected chi connectivity index (χ2v) is 3.22. The highest BCUT2D eigenvalue weighted by Crippen LogP contribution is 2.11. The lowest BCUT2D eigenvalue weighted by atomic mass is 10.2. The van der Waals surface area contributed by atoms with Gasteiger partial charge in [0.05, 0.1) is 7.11 Å². The number of aromatic nitrogens is 1. The maximum atomic E-state index is 5.13. The van der Waals surface area contributed by atoms with Crippen LogP contribution >= 0.6 is 0 Å². The van der Waals surface area contributed by atoms with E-state index in [2.05, 4.69) is 16.8 Å². The fraction of sp³-hybridized carbons (Fsp3) is 0.0714. The zero-order valence-electron chi connectivity index (χ0n) is 8.97. The number of pyridine rings is 1. The molecule has 1 aromatic carbocycles. The minimum absolute atomic E-state index is 0.818. The first-order valence-corrected chi connectivity index (χ1v) is 4.94. The predicted octanol–water partition coefficient (Wildman–Crippen LogP) is 2.49. The van der Waals surface area contributed by atoms with E-state index in [1.165, 1.54) is 0 Å². The van der Waals surface area contributed by atoms with Gasteiger partial charge in [0.15, 0.2) is 0 Å². The molecule has 2 heteroatoms. The van der Waals surface area contributed by atoms with Gasteiger partial charge in [-0.05, 0) is 30.3 Å².